The molecule has 1 fully saturated rings. The van der Waals surface area contributed by atoms with Gasteiger partial charge in [0.2, 0.25) is 0 Å². The molecule has 1 aliphatic heterocycles. The van der Waals surface area contributed by atoms with Crippen molar-refractivity contribution in [2.24, 2.45) is 0 Å². The zero-order chi connectivity index (χ0) is 18.2. The summed E-state index contributed by atoms with van der Waals surface area (Å²) in [7, 11) is 2.10. The minimum Gasteiger partial charge on any atom is -0.444 e. The van der Waals surface area contributed by atoms with Gasteiger partial charge in [0.25, 0.3) is 0 Å². The lowest BCUT2D eigenvalue weighted by Gasteiger charge is -2.29. The van der Waals surface area contributed by atoms with E-state index in [4.69, 9.17) is 4.74 Å². The Labute approximate surface area is 149 Å². The quantitative estimate of drug-likeness (QED) is 0.828. The van der Waals surface area contributed by atoms with Crippen molar-refractivity contribution < 1.29 is 9.53 Å². The van der Waals surface area contributed by atoms with Gasteiger partial charge in [0.05, 0.1) is 5.52 Å². The maximum Gasteiger partial charge on any atom is 0.410 e. The van der Waals surface area contributed by atoms with Crippen LogP contribution in [-0.4, -0.2) is 47.8 Å². The lowest BCUT2D eigenvalue weighted by molar-refractivity contribution is 0.0292. The van der Waals surface area contributed by atoms with Crippen molar-refractivity contribution in [1.82, 2.24) is 9.88 Å². The van der Waals surface area contributed by atoms with Gasteiger partial charge >= 0.3 is 6.09 Å². The fraction of sp³-hybridized carbons (Fsp3) is 0.500. The van der Waals surface area contributed by atoms with E-state index in [9.17, 15) is 4.79 Å². The van der Waals surface area contributed by atoms with Crippen LogP contribution in [-0.2, 0) is 4.74 Å². The Morgan fingerprint density at radius 1 is 1.36 bits per heavy atom. The second kappa shape index (κ2) is 6.54. The molecular formula is C20H27N3O2. The Kier molecular flexibility index (Phi) is 4.58. The molecule has 1 atom stereocenters. The second-order valence-electron chi connectivity index (χ2n) is 7.84. The summed E-state index contributed by atoms with van der Waals surface area (Å²) >= 11 is 0. The number of hydrogen-bond acceptors (Lipinski definition) is 4. The van der Waals surface area contributed by atoms with E-state index in [1.807, 2.05) is 39.1 Å². The van der Waals surface area contributed by atoms with Gasteiger partial charge in [-0.05, 0) is 57.9 Å². The molecule has 1 aliphatic rings. The van der Waals surface area contributed by atoms with Crippen LogP contribution < -0.4 is 4.90 Å². The Bertz CT molecular complexity index is 782. The van der Waals surface area contributed by atoms with Crippen LogP contribution in [0.3, 0.4) is 0 Å². The molecule has 3 rings (SSSR count). The van der Waals surface area contributed by atoms with Crippen LogP contribution in [0.4, 0.5) is 10.5 Å². The number of benzene rings is 1. The number of carbonyl (C=O) groups is 1. The van der Waals surface area contributed by atoms with Crippen molar-refractivity contribution in [3.05, 3.63) is 36.0 Å². The van der Waals surface area contributed by atoms with E-state index in [-0.39, 0.29) is 12.1 Å². The van der Waals surface area contributed by atoms with Gasteiger partial charge in [-0.2, -0.15) is 0 Å². The topological polar surface area (TPSA) is 45.7 Å². The number of nitrogens with zero attached hydrogens (tertiary/aromatic N) is 3. The van der Waals surface area contributed by atoms with Gasteiger partial charge in [0.1, 0.15) is 5.60 Å². The number of anilines is 1. The number of amides is 1. The standard InChI is InChI=1S/C20H27N3O2/c1-14-11-16-17(21-12-14)7-6-8-18(16)22(5)15-9-10-23(13-15)19(24)25-20(2,3)4/h6-8,11-12,15H,9-10,13H2,1-5H3/t15-/m0/s1. The van der Waals surface area contributed by atoms with Crippen LogP contribution in [0.15, 0.2) is 30.5 Å². The zero-order valence-corrected chi connectivity index (χ0v) is 15.7. The molecule has 1 aromatic carbocycles. The van der Waals surface area contributed by atoms with Gasteiger partial charge in [0.15, 0.2) is 0 Å². The SMILES string of the molecule is Cc1cnc2cccc(N(C)[C@H]3CCN(C(=O)OC(C)(C)C)C3)c2c1. The monoisotopic (exact) mass is 341 g/mol. The molecule has 5 nitrogen and oxygen atoms in total. The first-order chi connectivity index (χ1) is 11.7. The number of ether oxygens (including phenoxy) is 1. The maximum absolute atomic E-state index is 12.3. The Hall–Kier alpha value is -2.30. The van der Waals surface area contributed by atoms with Gasteiger partial charge in [-0.15, -0.1) is 0 Å². The lowest BCUT2D eigenvalue weighted by Crippen LogP contribution is -2.39. The molecule has 0 aliphatic carbocycles. The second-order valence-corrected chi connectivity index (χ2v) is 7.84. The summed E-state index contributed by atoms with van der Waals surface area (Å²) in [6, 6.07) is 8.65. The summed E-state index contributed by atoms with van der Waals surface area (Å²) in [6.45, 7) is 9.16. The third kappa shape index (κ3) is 3.86. The molecule has 25 heavy (non-hydrogen) atoms. The first kappa shape index (κ1) is 17.5. The van der Waals surface area contributed by atoms with Crippen LogP contribution in [0.25, 0.3) is 10.9 Å². The predicted octanol–water partition coefficient (Wildman–Crippen LogP) is 3.99. The largest absolute Gasteiger partial charge is 0.444 e. The van der Waals surface area contributed by atoms with Crippen LogP contribution >= 0.6 is 0 Å². The van der Waals surface area contributed by atoms with E-state index in [2.05, 4.69) is 36.0 Å². The smallest absolute Gasteiger partial charge is 0.410 e. The summed E-state index contributed by atoms with van der Waals surface area (Å²) < 4.78 is 5.50. The van der Waals surface area contributed by atoms with Gasteiger partial charge in [-0.1, -0.05) is 6.07 Å². The molecule has 2 aromatic rings. The zero-order valence-electron chi connectivity index (χ0n) is 15.7. The summed E-state index contributed by atoms with van der Waals surface area (Å²) in [4.78, 5) is 20.9. The normalized spacial score (nSPS) is 17.8. The molecule has 1 aromatic heterocycles. The number of aromatic nitrogens is 1. The number of fused-ring (bicyclic) bond motifs is 1. The minimum atomic E-state index is -0.458. The summed E-state index contributed by atoms with van der Waals surface area (Å²) in [6.07, 6.45) is 2.61. The highest BCUT2D eigenvalue weighted by Gasteiger charge is 2.32. The molecule has 2 heterocycles. The highest BCUT2D eigenvalue weighted by atomic mass is 16.6. The maximum atomic E-state index is 12.3. The van der Waals surface area contributed by atoms with Gasteiger partial charge in [-0.25, -0.2) is 4.79 Å². The van der Waals surface area contributed by atoms with Crippen LogP contribution in [0, 0.1) is 6.92 Å². The van der Waals surface area contributed by atoms with Crippen molar-refractivity contribution >= 4 is 22.7 Å². The molecule has 0 radical (unpaired) electrons. The van der Waals surface area contributed by atoms with E-state index in [0.29, 0.717) is 6.54 Å². The van der Waals surface area contributed by atoms with Gasteiger partial charge < -0.3 is 14.5 Å². The average Bonchev–Trinajstić information content (AvgIpc) is 3.02. The predicted molar refractivity (Wildman–Crippen MR) is 101 cm³/mol. The molecular weight excluding hydrogens is 314 g/mol. The Morgan fingerprint density at radius 3 is 2.84 bits per heavy atom. The van der Waals surface area contributed by atoms with E-state index in [0.717, 1.165) is 35.1 Å². The van der Waals surface area contributed by atoms with Crippen molar-refractivity contribution in [1.29, 1.82) is 0 Å². The lowest BCUT2D eigenvalue weighted by atomic mass is 10.1. The van der Waals surface area contributed by atoms with Gasteiger partial charge in [0, 0.05) is 43.4 Å². The molecule has 0 saturated carbocycles. The van der Waals surface area contributed by atoms with Crippen LogP contribution in [0.5, 0.6) is 0 Å². The van der Waals surface area contributed by atoms with E-state index >= 15 is 0 Å². The number of likely N-dealkylation sites (N-methyl/N-ethyl adjacent to an activating group) is 1. The highest BCUT2D eigenvalue weighted by Crippen LogP contribution is 2.29. The molecule has 5 heteroatoms. The molecule has 0 unspecified atom stereocenters. The van der Waals surface area contributed by atoms with E-state index in [1.54, 1.807) is 4.90 Å². The Balaban J connectivity index is 1.78. The summed E-state index contributed by atoms with van der Waals surface area (Å²) in [5, 5.41) is 1.15. The van der Waals surface area contributed by atoms with E-state index < -0.39 is 5.60 Å². The number of carbonyl (C=O) groups excluding carboxylic acids is 1. The van der Waals surface area contributed by atoms with E-state index in [1.165, 1.54) is 0 Å². The fourth-order valence-electron chi connectivity index (χ4n) is 3.29. The molecule has 1 saturated heterocycles. The van der Waals surface area contributed by atoms with Gasteiger partial charge in [-0.3, -0.25) is 4.98 Å². The number of rotatable bonds is 2. The first-order valence-electron chi connectivity index (χ1n) is 8.81. The molecule has 0 bridgehead atoms. The number of pyridine rings is 1. The average molecular weight is 341 g/mol. The summed E-state index contributed by atoms with van der Waals surface area (Å²) in [5.41, 5.74) is 2.84. The third-order valence-electron chi connectivity index (χ3n) is 4.58. The molecule has 1 amide bonds. The summed E-state index contributed by atoms with van der Waals surface area (Å²) in [5.74, 6) is 0. The minimum absolute atomic E-state index is 0.223. The first-order valence-corrected chi connectivity index (χ1v) is 8.81. The fourth-order valence-corrected chi connectivity index (χ4v) is 3.29. The molecule has 0 N–H and O–H groups in total. The number of aryl methyl sites for hydroxylation is 1. The van der Waals surface area contributed by atoms with Crippen molar-refractivity contribution in [2.75, 3.05) is 25.0 Å². The molecule has 134 valence electrons. The highest BCUT2D eigenvalue weighted by molar-refractivity contribution is 5.92. The molecule has 0 spiro atoms. The van der Waals surface area contributed by atoms with Crippen molar-refractivity contribution in [3.8, 4) is 0 Å². The third-order valence-corrected chi connectivity index (χ3v) is 4.58. The number of hydrogen-bond donors (Lipinski definition) is 0. The number of likely N-dealkylation sites (tertiary alicyclic amines) is 1. The van der Waals surface area contributed by atoms with Crippen molar-refractivity contribution in [2.45, 2.75) is 45.8 Å². The van der Waals surface area contributed by atoms with Crippen molar-refractivity contribution in [3.63, 3.8) is 0 Å². The van der Waals surface area contributed by atoms with Crippen LogP contribution in [0.2, 0.25) is 0 Å². The van der Waals surface area contributed by atoms with Crippen LogP contribution in [0.1, 0.15) is 32.8 Å². The Morgan fingerprint density at radius 2 is 2.12 bits per heavy atom.